The number of rotatable bonds is 3. The van der Waals surface area contributed by atoms with Crippen LogP contribution < -0.4 is 4.90 Å². The summed E-state index contributed by atoms with van der Waals surface area (Å²) in [6, 6.07) is 9.72. The molecule has 0 unspecified atom stereocenters. The second-order valence-electron chi connectivity index (χ2n) is 4.53. The smallest absolute Gasteiger partial charge is 0.128 e. The van der Waals surface area contributed by atoms with Crippen molar-refractivity contribution in [1.29, 1.82) is 0 Å². The fourth-order valence-corrected chi connectivity index (χ4v) is 2.08. The van der Waals surface area contributed by atoms with E-state index in [0.29, 0.717) is 0 Å². The number of hydrogen-bond acceptors (Lipinski definition) is 5. The molecule has 0 amide bonds. The highest BCUT2D eigenvalue weighted by Crippen LogP contribution is 2.14. The number of piperazine rings is 1. The van der Waals surface area contributed by atoms with Gasteiger partial charge in [-0.25, -0.2) is 4.98 Å². The third-order valence-corrected chi connectivity index (χ3v) is 3.16. The van der Waals surface area contributed by atoms with Gasteiger partial charge in [0, 0.05) is 25.5 Å². The van der Waals surface area contributed by atoms with Crippen molar-refractivity contribution in [2.45, 2.75) is 0 Å². The molecule has 0 saturated carbocycles. The monoisotopic (exact) mass is 268 g/mol. The van der Waals surface area contributed by atoms with Crippen LogP contribution in [0.2, 0.25) is 0 Å². The summed E-state index contributed by atoms with van der Waals surface area (Å²) in [4.78, 5) is 10.6. The average molecular weight is 268 g/mol. The molecule has 20 heavy (non-hydrogen) atoms. The predicted molar refractivity (Wildman–Crippen MR) is 76.8 cm³/mol. The summed E-state index contributed by atoms with van der Waals surface area (Å²) in [5.74, 6) is 1.02. The van der Waals surface area contributed by atoms with E-state index in [1.54, 1.807) is 12.4 Å². The summed E-state index contributed by atoms with van der Waals surface area (Å²) in [6.45, 7) is 3.51. The van der Waals surface area contributed by atoms with Crippen molar-refractivity contribution in [2.75, 3.05) is 31.1 Å². The Kier molecular flexibility index (Phi) is 3.82. The van der Waals surface area contributed by atoms with E-state index in [-0.39, 0.29) is 0 Å². The molecule has 0 aromatic carbocycles. The highest BCUT2D eigenvalue weighted by atomic mass is 15.6. The van der Waals surface area contributed by atoms with Gasteiger partial charge in [0.2, 0.25) is 0 Å². The van der Waals surface area contributed by atoms with Gasteiger partial charge in [0.05, 0.1) is 19.3 Å². The molecule has 0 radical (unpaired) electrons. The molecule has 102 valence electrons. The fourth-order valence-electron chi connectivity index (χ4n) is 2.08. The second kappa shape index (κ2) is 6.10. The lowest BCUT2D eigenvalue weighted by atomic mass is 10.3. The van der Waals surface area contributed by atoms with E-state index in [1.165, 1.54) is 0 Å². The number of pyridine rings is 2. The summed E-state index contributed by atoms with van der Waals surface area (Å²) < 4.78 is 0. The molecule has 2 aromatic rings. The average Bonchev–Trinajstić information content (AvgIpc) is 2.55. The van der Waals surface area contributed by atoms with Crippen molar-refractivity contribution in [2.24, 2.45) is 10.3 Å². The molecular formula is C14H16N6. The van der Waals surface area contributed by atoms with Crippen molar-refractivity contribution in [3.63, 3.8) is 0 Å². The zero-order chi connectivity index (χ0) is 13.6. The molecule has 0 atom stereocenters. The van der Waals surface area contributed by atoms with E-state index in [2.05, 4.69) is 25.2 Å². The lowest BCUT2D eigenvalue weighted by Crippen LogP contribution is -2.44. The van der Waals surface area contributed by atoms with Gasteiger partial charge < -0.3 is 4.90 Å². The maximum absolute atomic E-state index is 4.37. The van der Waals surface area contributed by atoms with Gasteiger partial charge >= 0.3 is 0 Å². The minimum atomic E-state index is 0.777. The van der Waals surface area contributed by atoms with Crippen LogP contribution in [-0.4, -0.2) is 41.2 Å². The first kappa shape index (κ1) is 12.5. The van der Waals surface area contributed by atoms with E-state index >= 15 is 0 Å². The van der Waals surface area contributed by atoms with Crippen molar-refractivity contribution >= 4 is 11.5 Å². The Morgan fingerprint density at radius 3 is 2.55 bits per heavy atom. The molecule has 6 nitrogen and oxygen atoms in total. The van der Waals surface area contributed by atoms with Crippen LogP contribution in [0.4, 0.5) is 11.5 Å². The molecule has 0 bridgehead atoms. The summed E-state index contributed by atoms with van der Waals surface area (Å²) in [5, 5.41) is 10.4. The Morgan fingerprint density at radius 2 is 1.85 bits per heavy atom. The van der Waals surface area contributed by atoms with Crippen LogP contribution in [0.5, 0.6) is 0 Å². The summed E-state index contributed by atoms with van der Waals surface area (Å²) in [5.41, 5.74) is 0.777. The topological polar surface area (TPSA) is 57.0 Å². The predicted octanol–water partition coefficient (Wildman–Crippen LogP) is 2.30. The van der Waals surface area contributed by atoms with Gasteiger partial charge in [-0.05, 0) is 24.3 Å². The SMILES string of the molecule is c1ccc(N2CCN(N=Nc3cccnc3)CC2)nc1. The summed E-state index contributed by atoms with van der Waals surface area (Å²) >= 11 is 0. The van der Waals surface area contributed by atoms with Gasteiger partial charge in [-0.15, -0.1) is 5.11 Å². The molecule has 1 aliphatic heterocycles. The van der Waals surface area contributed by atoms with Crippen LogP contribution in [0.25, 0.3) is 0 Å². The highest BCUT2D eigenvalue weighted by molar-refractivity contribution is 5.38. The van der Waals surface area contributed by atoms with Gasteiger partial charge in [0.15, 0.2) is 0 Å². The van der Waals surface area contributed by atoms with Crippen LogP contribution in [-0.2, 0) is 0 Å². The molecule has 3 rings (SSSR count). The fraction of sp³-hybridized carbons (Fsp3) is 0.286. The zero-order valence-corrected chi connectivity index (χ0v) is 11.1. The van der Waals surface area contributed by atoms with Crippen LogP contribution in [0.3, 0.4) is 0 Å². The van der Waals surface area contributed by atoms with Crippen LogP contribution in [0, 0.1) is 0 Å². The Balaban J connectivity index is 1.55. The van der Waals surface area contributed by atoms with Gasteiger partial charge in [-0.2, -0.15) is 0 Å². The molecule has 0 aliphatic carbocycles. The third kappa shape index (κ3) is 3.09. The molecular weight excluding hydrogens is 252 g/mol. The van der Waals surface area contributed by atoms with E-state index in [4.69, 9.17) is 0 Å². The molecule has 0 spiro atoms. The molecule has 6 heteroatoms. The lowest BCUT2D eigenvalue weighted by molar-refractivity contribution is 0.253. The first-order chi connectivity index (χ1) is 9.92. The van der Waals surface area contributed by atoms with Gasteiger partial charge in [-0.3, -0.25) is 9.99 Å². The Labute approximate surface area is 117 Å². The van der Waals surface area contributed by atoms with E-state index in [9.17, 15) is 0 Å². The molecule has 1 fully saturated rings. The first-order valence-electron chi connectivity index (χ1n) is 6.64. The highest BCUT2D eigenvalue weighted by Gasteiger charge is 2.16. The van der Waals surface area contributed by atoms with Gasteiger partial charge in [-0.1, -0.05) is 11.3 Å². The first-order valence-corrected chi connectivity index (χ1v) is 6.64. The minimum absolute atomic E-state index is 0.777. The van der Waals surface area contributed by atoms with Crippen molar-refractivity contribution in [3.05, 3.63) is 48.9 Å². The quantitative estimate of drug-likeness (QED) is 0.801. The Hall–Kier alpha value is -2.50. The lowest BCUT2D eigenvalue weighted by Gasteiger charge is -2.32. The van der Waals surface area contributed by atoms with E-state index in [0.717, 1.165) is 37.7 Å². The normalized spacial score (nSPS) is 15.8. The Morgan fingerprint density at radius 1 is 0.950 bits per heavy atom. The number of hydrogen-bond donors (Lipinski definition) is 0. The standard InChI is InChI=1S/C14H16N6/c1-2-7-16-14(5-1)19-8-10-20(11-9-19)18-17-13-4-3-6-15-12-13/h1-7,12H,8-11H2. The van der Waals surface area contributed by atoms with E-state index < -0.39 is 0 Å². The molecule has 3 heterocycles. The van der Waals surface area contributed by atoms with Crippen molar-refractivity contribution in [3.8, 4) is 0 Å². The molecule has 2 aromatic heterocycles. The van der Waals surface area contributed by atoms with Crippen LogP contribution in [0.15, 0.2) is 59.3 Å². The summed E-state index contributed by atoms with van der Waals surface area (Å²) in [7, 11) is 0. The second-order valence-corrected chi connectivity index (χ2v) is 4.53. The van der Waals surface area contributed by atoms with Gasteiger partial charge in [0.1, 0.15) is 11.5 Å². The molecule has 1 aliphatic rings. The van der Waals surface area contributed by atoms with Gasteiger partial charge in [0.25, 0.3) is 0 Å². The number of aromatic nitrogens is 2. The van der Waals surface area contributed by atoms with E-state index in [1.807, 2.05) is 41.5 Å². The van der Waals surface area contributed by atoms with Crippen LogP contribution >= 0.6 is 0 Å². The molecule has 0 N–H and O–H groups in total. The largest absolute Gasteiger partial charge is 0.353 e. The Bertz CT molecular complexity index is 548. The zero-order valence-electron chi connectivity index (χ0n) is 11.1. The van der Waals surface area contributed by atoms with Crippen molar-refractivity contribution in [1.82, 2.24) is 15.0 Å². The minimum Gasteiger partial charge on any atom is -0.353 e. The maximum atomic E-state index is 4.37. The third-order valence-electron chi connectivity index (χ3n) is 3.16. The maximum Gasteiger partial charge on any atom is 0.128 e. The van der Waals surface area contributed by atoms with Crippen LogP contribution in [0.1, 0.15) is 0 Å². The number of nitrogens with zero attached hydrogens (tertiary/aromatic N) is 6. The van der Waals surface area contributed by atoms with Crippen molar-refractivity contribution < 1.29 is 0 Å². The summed E-state index contributed by atoms with van der Waals surface area (Å²) in [6.07, 6.45) is 5.25. The number of anilines is 1. The molecule has 1 saturated heterocycles.